The molecule has 0 saturated carbocycles. The molecule has 1 atom stereocenters. The zero-order chi connectivity index (χ0) is 17.6. The van der Waals surface area contributed by atoms with Crippen LogP contribution in [0.4, 0.5) is 5.13 Å². The van der Waals surface area contributed by atoms with Crippen LogP contribution < -0.4 is 16.4 Å². The second kappa shape index (κ2) is 6.43. The van der Waals surface area contributed by atoms with Gasteiger partial charge in [-0.25, -0.2) is 4.98 Å². The summed E-state index contributed by atoms with van der Waals surface area (Å²) in [5.74, 6) is 0.300. The van der Waals surface area contributed by atoms with Crippen molar-refractivity contribution in [3.8, 4) is 0 Å². The monoisotopic (exact) mass is 438 g/mol. The lowest BCUT2D eigenvalue weighted by Gasteiger charge is -2.26. The molecule has 3 heterocycles. The van der Waals surface area contributed by atoms with Crippen molar-refractivity contribution >= 4 is 61.1 Å². The summed E-state index contributed by atoms with van der Waals surface area (Å²) in [5, 5.41) is 5.00. The molecule has 0 fully saturated rings. The summed E-state index contributed by atoms with van der Waals surface area (Å²) in [6, 6.07) is 3.28. The van der Waals surface area contributed by atoms with Crippen LogP contribution in [0.2, 0.25) is 0 Å². The van der Waals surface area contributed by atoms with Crippen LogP contribution in [0, 0.1) is 0 Å². The first-order chi connectivity index (χ1) is 12.0. The van der Waals surface area contributed by atoms with Crippen molar-refractivity contribution in [2.75, 3.05) is 11.1 Å². The van der Waals surface area contributed by atoms with E-state index in [1.54, 1.807) is 29.4 Å². The molecule has 0 radical (unpaired) electrons. The summed E-state index contributed by atoms with van der Waals surface area (Å²) in [4.78, 5) is 44.3. The second-order valence-corrected chi connectivity index (χ2v) is 8.36. The molecule has 0 aliphatic carbocycles. The first-order valence-corrected chi connectivity index (χ1v) is 9.99. The Bertz CT molecular complexity index is 1090. The third kappa shape index (κ3) is 3.05. The number of benzene rings is 1. The number of hydrogen-bond donors (Lipinski definition) is 2. The molecular formula is C15H11BrN4O3S2. The summed E-state index contributed by atoms with van der Waals surface area (Å²) in [6.45, 7) is 0. The Morgan fingerprint density at radius 1 is 1.44 bits per heavy atom. The van der Waals surface area contributed by atoms with Gasteiger partial charge in [-0.2, -0.15) is 0 Å². The maximum absolute atomic E-state index is 12.4. The number of rotatable bonds is 3. The van der Waals surface area contributed by atoms with Gasteiger partial charge in [-0.3, -0.25) is 19.0 Å². The van der Waals surface area contributed by atoms with Crippen LogP contribution in [-0.2, 0) is 4.79 Å². The van der Waals surface area contributed by atoms with Crippen molar-refractivity contribution in [2.45, 2.75) is 17.4 Å². The second-order valence-electron chi connectivity index (χ2n) is 5.48. The molecule has 1 aromatic carbocycles. The van der Waals surface area contributed by atoms with Crippen molar-refractivity contribution in [1.29, 1.82) is 0 Å². The fraction of sp³-hybridized carbons (Fsp3) is 0.200. The number of aromatic nitrogens is 3. The molecule has 2 aromatic heterocycles. The Balaban J connectivity index is 1.76. The number of thiazole rings is 1. The number of carbonyl (C=O) groups excluding carboxylic acids is 1. The van der Waals surface area contributed by atoms with E-state index in [-0.39, 0.29) is 12.3 Å². The van der Waals surface area contributed by atoms with Gasteiger partial charge < -0.3 is 10.3 Å². The van der Waals surface area contributed by atoms with Crippen LogP contribution in [0.3, 0.4) is 0 Å². The van der Waals surface area contributed by atoms with E-state index in [0.717, 1.165) is 9.37 Å². The van der Waals surface area contributed by atoms with E-state index in [1.165, 1.54) is 15.9 Å². The number of aromatic amines is 1. The van der Waals surface area contributed by atoms with Crippen molar-refractivity contribution in [3.05, 3.63) is 48.9 Å². The minimum absolute atomic E-state index is 0.0978. The Hall–Kier alpha value is -1.91. The number of H-pyrrole nitrogens is 1. The smallest absolute Gasteiger partial charge is 0.316 e. The standard InChI is InChI=1S/C15H11BrN4O3S2/c16-7-3-9-12-10(4-7)25-6-8(20(12)14(23)13(22)18-9)5-11(21)19-15-17-1-2-24-15/h1-4,8H,5-6H2,(H,18,22)(H,17,19,21). The van der Waals surface area contributed by atoms with Gasteiger partial charge in [0, 0.05) is 33.1 Å². The van der Waals surface area contributed by atoms with Gasteiger partial charge in [0.1, 0.15) is 0 Å². The van der Waals surface area contributed by atoms with E-state index in [2.05, 4.69) is 31.2 Å². The summed E-state index contributed by atoms with van der Waals surface area (Å²) >= 11 is 6.30. The average Bonchev–Trinajstić information content (AvgIpc) is 3.06. The minimum atomic E-state index is -0.686. The van der Waals surface area contributed by atoms with E-state index in [0.29, 0.717) is 21.9 Å². The van der Waals surface area contributed by atoms with Crippen LogP contribution in [0.15, 0.2) is 42.7 Å². The molecule has 128 valence electrons. The highest BCUT2D eigenvalue weighted by molar-refractivity contribution is 9.10. The lowest BCUT2D eigenvalue weighted by molar-refractivity contribution is -0.116. The Labute approximate surface area is 157 Å². The maximum atomic E-state index is 12.4. The summed E-state index contributed by atoms with van der Waals surface area (Å²) in [7, 11) is 0. The lowest BCUT2D eigenvalue weighted by Crippen LogP contribution is -2.41. The van der Waals surface area contributed by atoms with Crippen LogP contribution in [0.25, 0.3) is 11.0 Å². The van der Waals surface area contributed by atoms with Gasteiger partial charge in [-0.05, 0) is 12.1 Å². The van der Waals surface area contributed by atoms with Crippen LogP contribution in [0.5, 0.6) is 0 Å². The van der Waals surface area contributed by atoms with E-state index < -0.39 is 17.2 Å². The normalized spacial score (nSPS) is 16.1. The average molecular weight is 439 g/mol. The number of nitrogens with one attached hydrogen (secondary N) is 2. The molecule has 4 rings (SSSR count). The SMILES string of the molecule is O=C(CC1CSc2cc(Br)cc3[nH]c(=O)c(=O)n1c23)Nc1nccs1. The van der Waals surface area contributed by atoms with Gasteiger partial charge in [-0.1, -0.05) is 15.9 Å². The highest BCUT2D eigenvalue weighted by Crippen LogP contribution is 2.37. The first-order valence-electron chi connectivity index (χ1n) is 7.33. The van der Waals surface area contributed by atoms with Crippen molar-refractivity contribution in [3.63, 3.8) is 0 Å². The van der Waals surface area contributed by atoms with E-state index in [4.69, 9.17) is 0 Å². The minimum Gasteiger partial charge on any atom is -0.316 e. The highest BCUT2D eigenvalue weighted by Gasteiger charge is 2.27. The first kappa shape index (κ1) is 16.6. The third-order valence-electron chi connectivity index (χ3n) is 3.84. The van der Waals surface area contributed by atoms with E-state index >= 15 is 0 Å². The largest absolute Gasteiger partial charge is 0.317 e. The zero-order valence-electron chi connectivity index (χ0n) is 12.6. The molecule has 25 heavy (non-hydrogen) atoms. The molecular weight excluding hydrogens is 428 g/mol. The summed E-state index contributed by atoms with van der Waals surface area (Å²) in [5.41, 5.74) is -0.0835. The Morgan fingerprint density at radius 3 is 3.04 bits per heavy atom. The molecule has 10 heteroatoms. The molecule has 1 aliphatic rings. The highest BCUT2D eigenvalue weighted by atomic mass is 79.9. The van der Waals surface area contributed by atoms with Crippen LogP contribution in [-0.4, -0.2) is 26.2 Å². The maximum Gasteiger partial charge on any atom is 0.317 e. The molecule has 2 N–H and O–H groups in total. The van der Waals surface area contributed by atoms with Crippen LogP contribution in [0.1, 0.15) is 12.5 Å². The fourth-order valence-electron chi connectivity index (χ4n) is 2.84. The van der Waals surface area contributed by atoms with Gasteiger partial charge >= 0.3 is 11.1 Å². The van der Waals surface area contributed by atoms with E-state index in [9.17, 15) is 14.4 Å². The van der Waals surface area contributed by atoms with Crippen molar-refractivity contribution in [1.82, 2.24) is 14.5 Å². The number of thioether (sulfide) groups is 1. The van der Waals surface area contributed by atoms with Crippen LogP contribution >= 0.6 is 39.0 Å². The molecule has 1 amide bonds. The van der Waals surface area contributed by atoms with Crippen molar-refractivity contribution < 1.29 is 4.79 Å². The summed E-state index contributed by atoms with van der Waals surface area (Å²) in [6.07, 6.45) is 1.70. The molecule has 0 saturated heterocycles. The Kier molecular flexibility index (Phi) is 4.26. The molecule has 3 aromatic rings. The van der Waals surface area contributed by atoms with Gasteiger partial charge in [0.2, 0.25) is 5.91 Å². The van der Waals surface area contributed by atoms with Gasteiger partial charge in [0.05, 0.1) is 17.1 Å². The zero-order valence-corrected chi connectivity index (χ0v) is 15.8. The molecule has 7 nitrogen and oxygen atoms in total. The Morgan fingerprint density at radius 2 is 2.28 bits per heavy atom. The van der Waals surface area contributed by atoms with E-state index in [1.807, 2.05) is 6.07 Å². The van der Waals surface area contributed by atoms with Crippen molar-refractivity contribution in [2.24, 2.45) is 0 Å². The topological polar surface area (TPSA) is 96.9 Å². The quantitative estimate of drug-likeness (QED) is 0.612. The predicted molar refractivity (Wildman–Crippen MR) is 102 cm³/mol. The van der Waals surface area contributed by atoms with Gasteiger partial charge in [0.25, 0.3) is 0 Å². The predicted octanol–water partition coefficient (Wildman–Crippen LogP) is 2.58. The lowest BCUT2D eigenvalue weighted by atomic mass is 10.2. The molecule has 1 unspecified atom stereocenters. The number of nitrogens with zero attached hydrogens (tertiary/aromatic N) is 2. The van der Waals surface area contributed by atoms with Gasteiger partial charge in [0.15, 0.2) is 5.13 Å². The molecule has 1 aliphatic heterocycles. The van der Waals surface area contributed by atoms with Gasteiger partial charge in [-0.15, -0.1) is 23.1 Å². The number of carbonyl (C=O) groups is 1. The number of anilines is 1. The summed E-state index contributed by atoms with van der Waals surface area (Å²) < 4.78 is 2.27. The third-order valence-corrected chi connectivity index (χ3v) is 6.16. The molecule has 0 bridgehead atoms. The number of hydrogen-bond acceptors (Lipinski definition) is 6. The fourth-order valence-corrected chi connectivity index (χ4v) is 5.19. The molecule has 0 spiro atoms. The number of amides is 1. The number of halogens is 1.